The van der Waals surface area contributed by atoms with E-state index >= 15 is 0 Å². The monoisotopic (exact) mass is 406 g/mol. The van der Waals surface area contributed by atoms with E-state index in [9.17, 15) is 4.79 Å². The SMILES string of the molecule is O=c1nccccc1Nc1nc2ccccc2c2nc(-c3ccsc3Cl)nn12. The molecule has 5 rings (SSSR count). The molecule has 0 unspecified atom stereocenters. The molecule has 4 aromatic heterocycles. The number of nitrogens with zero attached hydrogens (tertiary/aromatic N) is 5. The smallest absolute Gasteiger partial charge is 0.293 e. The third kappa shape index (κ3) is 2.79. The van der Waals surface area contributed by atoms with Crippen molar-refractivity contribution in [1.82, 2.24) is 24.6 Å². The Labute approximate surface area is 167 Å². The summed E-state index contributed by atoms with van der Waals surface area (Å²) in [4.78, 5) is 25.3. The molecular formula is C19H11ClN6OS. The normalized spacial score (nSPS) is 11.2. The Morgan fingerprint density at radius 3 is 2.75 bits per heavy atom. The summed E-state index contributed by atoms with van der Waals surface area (Å²) in [6.45, 7) is 0. The molecule has 0 spiro atoms. The molecule has 136 valence electrons. The van der Waals surface area contributed by atoms with Crippen LogP contribution in [0.4, 0.5) is 11.6 Å². The first-order valence-electron chi connectivity index (χ1n) is 8.32. The van der Waals surface area contributed by atoms with Gasteiger partial charge in [0.15, 0.2) is 11.5 Å². The van der Waals surface area contributed by atoms with Crippen LogP contribution in [-0.4, -0.2) is 24.6 Å². The number of thiophene rings is 1. The van der Waals surface area contributed by atoms with Crippen molar-refractivity contribution in [1.29, 1.82) is 0 Å². The first-order chi connectivity index (χ1) is 13.7. The van der Waals surface area contributed by atoms with Crippen molar-refractivity contribution in [2.24, 2.45) is 0 Å². The number of benzene rings is 1. The third-order valence-corrected chi connectivity index (χ3v) is 5.34. The molecular weight excluding hydrogens is 396 g/mol. The summed E-state index contributed by atoms with van der Waals surface area (Å²) in [6, 6.07) is 14.6. The molecule has 0 aliphatic carbocycles. The highest BCUT2D eigenvalue weighted by Gasteiger charge is 2.17. The van der Waals surface area contributed by atoms with Crippen LogP contribution in [0.5, 0.6) is 0 Å². The molecule has 0 radical (unpaired) electrons. The van der Waals surface area contributed by atoms with Gasteiger partial charge in [0.2, 0.25) is 5.95 Å². The standard InChI is InChI=1S/C19H11ClN6OS/c20-15-12(8-10-28-15)16-24-17-11-5-1-2-6-13(11)22-19(26(17)25-16)23-14-7-3-4-9-21-18(14)27/h1-10H,(H,21,22,23,27). The Hall–Kier alpha value is -3.36. The molecule has 4 heterocycles. The van der Waals surface area contributed by atoms with Crippen LogP contribution in [0.15, 0.2) is 64.9 Å². The van der Waals surface area contributed by atoms with Crippen molar-refractivity contribution in [3.8, 4) is 11.4 Å². The number of hydrogen-bond acceptors (Lipinski definition) is 7. The second-order valence-electron chi connectivity index (χ2n) is 5.90. The molecule has 0 fully saturated rings. The highest BCUT2D eigenvalue weighted by atomic mass is 35.5. The second-order valence-corrected chi connectivity index (χ2v) is 7.42. The zero-order valence-corrected chi connectivity index (χ0v) is 15.8. The first kappa shape index (κ1) is 16.8. The molecule has 0 aliphatic heterocycles. The quantitative estimate of drug-likeness (QED) is 0.484. The van der Waals surface area contributed by atoms with Gasteiger partial charge in [-0.05, 0) is 35.7 Å². The summed E-state index contributed by atoms with van der Waals surface area (Å²) in [7, 11) is 0. The highest BCUT2D eigenvalue weighted by Crippen LogP contribution is 2.32. The fourth-order valence-electron chi connectivity index (χ4n) is 2.87. The van der Waals surface area contributed by atoms with Crippen molar-refractivity contribution < 1.29 is 0 Å². The summed E-state index contributed by atoms with van der Waals surface area (Å²) >= 11 is 7.69. The Bertz CT molecular complexity index is 1400. The molecule has 5 aromatic rings. The highest BCUT2D eigenvalue weighted by molar-refractivity contribution is 7.15. The molecule has 9 heteroatoms. The third-order valence-electron chi connectivity index (χ3n) is 4.17. The topological polar surface area (TPSA) is 85.1 Å². The first-order valence-corrected chi connectivity index (χ1v) is 9.58. The van der Waals surface area contributed by atoms with Crippen molar-refractivity contribution in [3.63, 3.8) is 0 Å². The molecule has 7 nitrogen and oxygen atoms in total. The molecule has 0 atom stereocenters. The van der Waals surface area contributed by atoms with Crippen LogP contribution in [0.3, 0.4) is 0 Å². The van der Waals surface area contributed by atoms with Crippen molar-refractivity contribution in [2.75, 3.05) is 5.32 Å². The lowest BCUT2D eigenvalue weighted by molar-refractivity contribution is 0.948. The van der Waals surface area contributed by atoms with Gasteiger partial charge in [0.1, 0.15) is 10.0 Å². The van der Waals surface area contributed by atoms with E-state index in [0.29, 0.717) is 27.4 Å². The zero-order chi connectivity index (χ0) is 19.1. The van der Waals surface area contributed by atoms with Gasteiger partial charge >= 0.3 is 0 Å². The van der Waals surface area contributed by atoms with Gasteiger partial charge in [-0.2, -0.15) is 4.52 Å². The molecule has 0 saturated heterocycles. The average molecular weight is 407 g/mol. The van der Waals surface area contributed by atoms with Gasteiger partial charge in [0, 0.05) is 11.6 Å². The van der Waals surface area contributed by atoms with Crippen LogP contribution in [0.1, 0.15) is 0 Å². The molecule has 0 saturated carbocycles. The second kappa shape index (κ2) is 6.66. The summed E-state index contributed by atoms with van der Waals surface area (Å²) in [5, 5.41) is 10.4. The summed E-state index contributed by atoms with van der Waals surface area (Å²) < 4.78 is 2.20. The predicted molar refractivity (Wildman–Crippen MR) is 110 cm³/mol. The molecule has 1 N–H and O–H groups in total. The zero-order valence-electron chi connectivity index (χ0n) is 14.2. The van der Waals surface area contributed by atoms with Crippen LogP contribution in [0, 0.1) is 0 Å². The Morgan fingerprint density at radius 2 is 1.89 bits per heavy atom. The van der Waals surface area contributed by atoms with E-state index in [1.54, 1.807) is 22.7 Å². The number of para-hydroxylation sites is 1. The Kier molecular flexibility index (Phi) is 4.00. The largest absolute Gasteiger partial charge is 0.319 e. The minimum absolute atomic E-state index is 0.291. The van der Waals surface area contributed by atoms with Crippen LogP contribution in [-0.2, 0) is 0 Å². The summed E-state index contributed by atoms with van der Waals surface area (Å²) in [5.41, 5.74) is 2.00. The number of fused-ring (bicyclic) bond motifs is 3. The predicted octanol–water partition coefficient (Wildman–Crippen LogP) is 4.16. The molecule has 0 amide bonds. The van der Waals surface area contributed by atoms with E-state index in [0.717, 1.165) is 16.5 Å². The van der Waals surface area contributed by atoms with E-state index in [-0.39, 0.29) is 0 Å². The fraction of sp³-hybridized carbons (Fsp3) is 0. The van der Waals surface area contributed by atoms with Crippen LogP contribution < -0.4 is 10.9 Å². The van der Waals surface area contributed by atoms with Gasteiger partial charge < -0.3 is 5.32 Å². The van der Waals surface area contributed by atoms with Crippen LogP contribution in [0.2, 0.25) is 4.34 Å². The lowest BCUT2D eigenvalue weighted by Gasteiger charge is -2.07. The van der Waals surface area contributed by atoms with E-state index in [2.05, 4.69) is 25.4 Å². The van der Waals surface area contributed by atoms with Crippen LogP contribution in [0.25, 0.3) is 27.9 Å². The minimum atomic E-state index is -0.394. The maximum Gasteiger partial charge on any atom is 0.293 e. The Morgan fingerprint density at radius 1 is 1.04 bits per heavy atom. The van der Waals surface area contributed by atoms with Gasteiger partial charge in [0.25, 0.3) is 5.56 Å². The Balaban J connectivity index is 1.78. The van der Waals surface area contributed by atoms with Gasteiger partial charge in [-0.3, -0.25) is 4.79 Å². The minimum Gasteiger partial charge on any atom is -0.319 e. The van der Waals surface area contributed by atoms with Gasteiger partial charge in [-0.25, -0.2) is 15.0 Å². The van der Waals surface area contributed by atoms with E-state index < -0.39 is 5.56 Å². The van der Waals surface area contributed by atoms with Crippen molar-refractivity contribution >= 4 is 51.1 Å². The van der Waals surface area contributed by atoms with Crippen LogP contribution >= 0.6 is 22.9 Å². The summed E-state index contributed by atoms with van der Waals surface area (Å²) in [6.07, 6.45) is 1.45. The molecule has 0 aliphatic rings. The lowest BCUT2D eigenvalue weighted by atomic mass is 10.2. The van der Waals surface area contributed by atoms with Crippen molar-refractivity contribution in [3.05, 3.63) is 74.8 Å². The van der Waals surface area contributed by atoms with E-state index in [1.807, 2.05) is 35.7 Å². The lowest BCUT2D eigenvalue weighted by Crippen LogP contribution is -2.11. The number of rotatable bonds is 3. The van der Waals surface area contributed by atoms with Crippen molar-refractivity contribution in [2.45, 2.75) is 0 Å². The number of nitrogens with one attached hydrogen (secondary N) is 1. The van der Waals surface area contributed by atoms with Gasteiger partial charge in [-0.15, -0.1) is 16.4 Å². The van der Waals surface area contributed by atoms with Gasteiger partial charge in [-0.1, -0.05) is 29.8 Å². The fourth-order valence-corrected chi connectivity index (χ4v) is 3.78. The van der Waals surface area contributed by atoms with E-state index in [4.69, 9.17) is 11.6 Å². The maximum absolute atomic E-state index is 12.2. The summed E-state index contributed by atoms with van der Waals surface area (Å²) in [5.74, 6) is 0.857. The number of hydrogen-bond donors (Lipinski definition) is 1. The molecule has 1 aromatic carbocycles. The number of anilines is 2. The molecule has 0 bridgehead atoms. The number of aromatic nitrogens is 5. The van der Waals surface area contributed by atoms with Gasteiger partial charge in [0.05, 0.1) is 11.1 Å². The average Bonchev–Trinajstić information content (AvgIpc) is 3.27. The molecule has 28 heavy (non-hydrogen) atoms. The maximum atomic E-state index is 12.2. The van der Waals surface area contributed by atoms with E-state index in [1.165, 1.54) is 17.5 Å². The number of halogens is 1.